The average Bonchev–Trinajstić information content (AvgIpc) is 2.87. The van der Waals surface area contributed by atoms with Gasteiger partial charge < -0.3 is 4.90 Å². The predicted octanol–water partition coefficient (Wildman–Crippen LogP) is 6.05. The minimum absolute atomic E-state index is 0.101. The molecule has 3 rings (SSSR count). The molecule has 1 atom stereocenters. The monoisotopic (exact) mass is 369 g/mol. The summed E-state index contributed by atoms with van der Waals surface area (Å²) in [5.41, 5.74) is 3.42. The lowest BCUT2D eigenvalue weighted by Gasteiger charge is -2.25. The van der Waals surface area contributed by atoms with Crippen LogP contribution in [-0.4, -0.2) is 23.9 Å². The number of carbonyl (C=O) groups excluding carboxylic acids is 1. The van der Waals surface area contributed by atoms with Crippen LogP contribution in [0.25, 0.3) is 0 Å². The molecule has 0 saturated carbocycles. The van der Waals surface area contributed by atoms with Crippen molar-refractivity contribution in [3.63, 3.8) is 0 Å². The number of halogens is 1. The predicted molar refractivity (Wildman–Crippen MR) is 109 cm³/mol. The molecule has 3 heteroatoms. The Bertz CT molecular complexity index is 743. The van der Waals surface area contributed by atoms with Gasteiger partial charge in [-0.05, 0) is 53.6 Å². The second kappa shape index (κ2) is 7.84. The van der Waals surface area contributed by atoms with Crippen molar-refractivity contribution in [2.45, 2.75) is 51.4 Å². The van der Waals surface area contributed by atoms with Crippen molar-refractivity contribution in [1.82, 2.24) is 4.90 Å². The molecule has 1 unspecified atom stereocenters. The van der Waals surface area contributed by atoms with Crippen LogP contribution in [0.5, 0.6) is 0 Å². The standard InChI is InChI=1S/C23H28ClNO/c1-23(2,3)20-11-7-18(8-12-20)22(26)25-15-5-4-6-19(16-25)17-9-13-21(24)14-10-17/h7-14,19H,4-6,15-16H2,1-3H3. The minimum Gasteiger partial charge on any atom is -0.338 e. The van der Waals surface area contributed by atoms with E-state index in [0.29, 0.717) is 5.92 Å². The van der Waals surface area contributed by atoms with E-state index in [0.717, 1.165) is 42.9 Å². The number of benzene rings is 2. The summed E-state index contributed by atoms with van der Waals surface area (Å²) in [5.74, 6) is 0.527. The van der Waals surface area contributed by atoms with E-state index in [1.807, 2.05) is 29.2 Å². The first-order valence-corrected chi connectivity index (χ1v) is 9.88. The Morgan fingerprint density at radius 3 is 2.27 bits per heavy atom. The van der Waals surface area contributed by atoms with Gasteiger partial charge in [0.15, 0.2) is 0 Å². The van der Waals surface area contributed by atoms with Gasteiger partial charge in [0.2, 0.25) is 0 Å². The van der Waals surface area contributed by atoms with Crippen molar-refractivity contribution < 1.29 is 4.79 Å². The molecule has 0 N–H and O–H groups in total. The van der Waals surface area contributed by atoms with Gasteiger partial charge in [0.05, 0.1) is 0 Å². The maximum Gasteiger partial charge on any atom is 0.253 e. The zero-order valence-electron chi connectivity index (χ0n) is 16.0. The molecular weight excluding hydrogens is 342 g/mol. The maximum atomic E-state index is 13.0. The van der Waals surface area contributed by atoms with Crippen LogP contribution in [-0.2, 0) is 5.41 Å². The summed E-state index contributed by atoms with van der Waals surface area (Å²) in [6.07, 6.45) is 3.34. The van der Waals surface area contributed by atoms with Crippen LogP contribution >= 0.6 is 11.6 Å². The molecule has 1 heterocycles. The van der Waals surface area contributed by atoms with E-state index in [1.54, 1.807) is 0 Å². The number of amides is 1. The fourth-order valence-electron chi connectivity index (χ4n) is 3.63. The lowest BCUT2D eigenvalue weighted by atomic mass is 9.86. The third-order valence-corrected chi connectivity index (χ3v) is 5.55. The van der Waals surface area contributed by atoms with Gasteiger partial charge in [0.1, 0.15) is 0 Å². The number of rotatable bonds is 2. The molecule has 2 aromatic rings. The smallest absolute Gasteiger partial charge is 0.253 e. The summed E-state index contributed by atoms with van der Waals surface area (Å²) in [7, 11) is 0. The SMILES string of the molecule is CC(C)(C)c1ccc(C(=O)N2CCCCC(c3ccc(Cl)cc3)C2)cc1. The quantitative estimate of drug-likeness (QED) is 0.631. The highest BCUT2D eigenvalue weighted by atomic mass is 35.5. The van der Waals surface area contributed by atoms with Crippen molar-refractivity contribution in [2.75, 3.05) is 13.1 Å². The largest absolute Gasteiger partial charge is 0.338 e. The fourth-order valence-corrected chi connectivity index (χ4v) is 3.75. The summed E-state index contributed by atoms with van der Waals surface area (Å²) in [6.45, 7) is 8.19. The molecule has 0 aromatic heterocycles. The van der Waals surface area contributed by atoms with Crippen LogP contribution in [0.3, 0.4) is 0 Å². The van der Waals surface area contributed by atoms with E-state index in [1.165, 1.54) is 11.1 Å². The average molecular weight is 370 g/mol. The highest BCUT2D eigenvalue weighted by molar-refractivity contribution is 6.30. The summed E-state index contributed by atoms with van der Waals surface area (Å²) >= 11 is 6.02. The van der Waals surface area contributed by atoms with Crippen LogP contribution in [0.1, 0.15) is 67.4 Å². The van der Waals surface area contributed by atoms with Crippen molar-refractivity contribution in [3.8, 4) is 0 Å². The van der Waals surface area contributed by atoms with E-state index >= 15 is 0 Å². The highest BCUT2D eigenvalue weighted by Gasteiger charge is 2.24. The molecule has 2 nitrogen and oxygen atoms in total. The Balaban J connectivity index is 1.76. The fraction of sp³-hybridized carbons (Fsp3) is 0.435. The van der Waals surface area contributed by atoms with Crippen LogP contribution in [0.4, 0.5) is 0 Å². The first-order valence-electron chi connectivity index (χ1n) is 9.50. The third kappa shape index (κ3) is 4.48. The number of hydrogen-bond acceptors (Lipinski definition) is 1. The molecular formula is C23H28ClNO. The zero-order valence-corrected chi connectivity index (χ0v) is 16.7. The molecule has 0 radical (unpaired) electrons. The van der Waals surface area contributed by atoms with Gasteiger partial charge in [0, 0.05) is 29.6 Å². The molecule has 0 spiro atoms. The Morgan fingerprint density at radius 1 is 1.00 bits per heavy atom. The van der Waals surface area contributed by atoms with Gasteiger partial charge in [-0.2, -0.15) is 0 Å². The second-order valence-electron chi connectivity index (χ2n) is 8.32. The lowest BCUT2D eigenvalue weighted by Crippen LogP contribution is -2.34. The first-order chi connectivity index (χ1) is 12.3. The van der Waals surface area contributed by atoms with Crippen molar-refractivity contribution in [3.05, 3.63) is 70.2 Å². The Kier molecular flexibility index (Phi) is 5.72. The minimum atomic E-state index is 0.101. The maximum absolute atomic E-state index is 13.0. The van der Waals surface area contributed by atoms with Crippen molar-refractivity contribution in [2.24, 2.45) is 0 Å². The molecule has 138 valence electrons. The van der Waals surface area contributed by atoms with Gasteiger partial charge in [0.25, 0.3) is 5.91 Å². The Labute approximate surface area is 162 Å². The number of hydrogen-bond donors (Lipinski definition) is 0. The van der Waals surface area contributed by atoms with Crippen LogP contribution in [0, 0.1) is 0 Å². The molecule has 26 heavy (non-hydrogen) atoms. The van der Waals surface area contributed by atoms with E-state index in [2.05, 4.69) is 45.0 Å². The molecule has 1 saturated heterocycles. The summed E-state index contributed by atoms with van der Waals surface area (Å²) in [4.78, 5) is 15.1. The van der Waals surface area contributed by atoms with Crippen molar-refractivity contribution in [1.29, 1.82) is 0 Å². The van der Waals surface area contributed by atoms with Gasteiger partial charge in [-0.3, -0.25) is 4.79 Å². The van der Waals surface area contributed by atoms with Crippen molar-refractivity contribution >= 4 is 17.5 Å². The lowest BCUT2D eigenvalue weighted by molar-refractivity contribution is 0.0754. The van der Waals surface area contributed by atoms with Gasteiger partial charge in [-0.25, -0.2) is 0 Å². The molecule has 1 fully saturated rings. The highest BCUT2D eigenvalue weighted by Crippen LogP contribution is 2.29. The van der Waals surface area contributed by atoms with Crippen LogP contribution in [0.15, 0.2) is 48.5 Å². The summed E-state index contributed by atoms with van der Waals surface area (Å²) < 4.78 is 0. The molecule has 0 bridgehead atoms. The zero-order chi connectivity index (χ0) is 18.7. The van der Waals surface area contributed by atoms with E-state index < -0.39 is 0 Å². The number of carbonyl (C=O) groups is 1. The molecule has 1 aliphatic rings. The third-order valence-electron chi connectivity index (χ3n) is 5.30. The van der Waals surface area contributed by atoms with Crippen LogP contribution < -0.4 is 0 Å². The van der Waals surface area contributed by atoms with E-state index in [4.69, 9.17) is 11.6 Å². The molecule has 1 aliphatic heterocycles. The Hall–Kier alpha value is -1.80. The molecule has 2 aromatic carbocycles. The summed E-state index contributed by atoms with van der Waals surface area (Å²) in [6, 6.07) is 16.2. The number of nitrogens with zero attached hydrogens (tertiary/aromatic N) is 1. The molecule has 0 aliphatic carbocycles. The van der Waals surface area contributed by atoms with E-state index in [9.17, 15) is 4.79 Å². The first kappa shape index (κ1) is 19.0. The topological polar surface area (TPSA) is 20.3 Å². The second-order valence-corrected chi connectivity index (χ2v) is 8.76. The number of likely N-dealkylation sites (tertiary alicyclic amines) is 1. The van der Waals surface area contributed by atoms with E-state index in [-0.39, 0.29) is 11.3 Å². The molecule has 1 amide bonds. The van der Waals surface area contributed by atoms with Crippen LogP contribution in [0.2, 0.25) is 5.02 Å². The van der Waals surface area contributed by atoms with Gasteiger partial charge >= 0.3 is 0 Å². The van der Waals surface area contributed by atoms with Gasteiger partial charge in [-0.15, -0.1) is 0 Å². The Morgan fingerprint density at radius 2 is 1.65 bits per heavy atom. The normalized spacial score (nSPS) is 18.5. The van der Waals surface area contributed by atoms with Gasteiger partial charge in [-0.1, -0.05) is 63.1 Å². The summed E-state index contributed by atoms with van der Waals surface area (Å²) in [5, 5.41) is 0.759.